The van der Waals surface area contributed by atoms with Crippen molar-refractivity contribution in [1.82, 2.24) is 25.1 Å². The van der Waals surface area contributed by atoms with Gasteiger partial charge in [-0.15, -0.1) is 0 Å². The summed E-state index contributed by atoms with van der Waals surface area (Å²) >= 11 is 0. The van der Waals surface area contributed by atoms with Gasteiger partial charge in [-0.05, 0) is 62.2 Å². The third-order valence-electron chi connectivity index (χ3n) is 6.31. The average molecular weight is 504 g/mol. The summed E-state index contributed by atoms with van der Waals surface area (Å²) in [5.41, 5.74) is 5.72. The Morgan fingerprint density at radius 3 is 2.67 bits per heavy atom. The van der Waals surface area contributed by atoms with Crippen LogP contribution in [0.2, 0.25) is 0 Å². The van der Waals surface area contributed by atoms with Crippen LogP contribution in [0.1, 0.15) is 11.1 Å². The summed E-state index contributed by atoms with van der Waals surface area (Å²) in [7, 11) is 1.27. The fourth-order valence-corrected chi connectivity index (χ4v) is 5.59. The van der Waals surface area contributed by atoms with E-state index in [0.29, 0.717) is 11.8 Å². The van der Waals surface area contributed by atoms with E-state index >= 15 is 0 Å². The molecule has 1 aliphatic heterocycles. The van der Waals surface area contributed by atoms with Gasteiger partial charge < -0.3 is 24.8 Å². The SMILES string of the molecule is COc1cc2c(cc1Nc1ncc(-c3cn[nH]c3)c(Nc3ccccc3P(C)(C)=O)n1)CN(C)CC2. The van der Waals surface area contributed by atoms with Crippen LogP contribution in [-0.4, -0.2) is 59.1 Å². The Morgan fingerprint density at radius 2 is 1.92 bits per heavy atom. The quantitative estimate of drug-likeness (QED) is 0.314. The van der Waals surface area contributed by atoms with Crippen LogP contribution in [0.3, 0.4) is 0 Å². The molecule has 5 rings (SSSR count). The van der Waals surface area contributed by atoms with Crippen LogP contribution in [0, 0.1) is 0 Å². The Morgan fingerprint density at radius 1 is 1.08 bits per heavy atom. The molecule has 4 aromatic rings. The molecule has 36 heavy (non-hydrogen) atoms. The van der Waals surface area contributed by atoms with Gasteiger partial charge in [0.1, 0.15) is 18.7 Å². The van der Waals surface area contributed by atoms with Crippen LogP contribution in [0.25, 0.3) is 11.1 Å². The van der Waals surface area contributed by atoms with E-state index in [2.05, 4.69) is 49.9 Å². The molecule has 9 nitrogen and oxygen atoms in total. The van der Waals surface area contributed by atoms with E-state index in [4.69, 9.17) is 9.72 Å². The lowest BCUT2D eigenvalue weighted by molar-refractivity contribution is 0.312. The van der Waals surface area contributed by atoms with Crippen LogP contribution >= 0.6 is 7.14 Å². The molecule has 10 heteroatoms. The average Bonchev–Trinajstić information content (AvgIpc) is 3.38. The van der Waals surface area contributed by atoms with Crippen molar-refractivity contribution in [1.29, 1.82) is 0 Å². The number of hydrogen-bond donors (Lipinski definition) is 3. The number of nitrogens with one attached hydrogen (secondary N) is 3. The number of nitrogens with zero attached hydrogens (tertiary/aromatic N) is 4. The zero-order valence-corrected chi connectivity index (χ0v) is 21.8. The Labute approximate surface area is 210 Å². The first kappa shape index (κ1) is 24.0. The smallest absolute Gasteiger partial charge is 0.229 e. The topological polar surface area (TPSA) is 108 Å². The molecule has 3 heterocycles. The number of ether oxygens (including phenoxy) is 1. The molecule has 0 atom stereocenters. The second-order valence-corrected chi connectivity index (χ2v) is 12.6. The summed E-state index contributed by atoms with van der Waals surface area (Å²) in [6.07, 6.45) is 6.25. The maximum absolute atomic E-state index is 12.9. The highest BCUT2D eigenvalue weighted by molar-refractivity contribution is 7.70. The van der Waals surface area contributed by atoms with Crippen molar-refractivity contribution in [2.45, 2.75) is 13.0 Å². The van der Waals surface area contributed by atoms with Crippen molar-refractivity contribution in [3.8, 4) is 16.9 Å². The van der Waals surface area contributed by atoms with E-state index in [0.717, 1.165) is 53.1 Å². The van der Waals surface area contributed by atoms with Gasteiger partial charge in [0.05, 0.1) is 24.7 Å². The molecular formula is C26H30N7O2P. The van der Waals surface area contributed by atoms with E-state index in [1.807, 2.05) is 24.3 Å². The molecule has 0 amide bonds. The van der Waals surface area contributed by atoms with E-state index in [9.17, 15) is 4.57 Å². The molecule has 2 aromatic carbocycles. The van der Waals surface area contributed by atoms with Gasteiger partial charge >= 0.3 is 0 Å². The number of aromatic nitrogens is 4. The molecule has 3 N–H and O–H groups in total. The Balaban J connectivity index is 1.54. The minimum atomic E-state index is -2.52. The van der Waals surface area contributed by atoms with Gasteiger partial charge in [-0.1, -0.05) is 12.1 Å². The molecular weight excluding hydrogens is 473 g/mol. The molecule has 0 aliphatic carbocycles. The molecule has 1 aliphatic rings. The fraction of sp³-hybridized carbons (Fsp3) is 0.269. The van der Waals surface area contributed by atoms with E-state index < -0.39 is 7.14 Å². The van der Waals surface area contributed by atoms with Crippen LogP contribution < -0.4 is 20.7 Å². The van der Waals surface area contributed by atoms with Crippen molar-refractivity contribution in [3.63, 3.8) is 0 Å². The molecule has 0 spiro atoms. The first-order chi connectivity index (χ1) is 17.3. The predicted octanol–water partition coefficient (Wildman–Crippen LogP) is 4.60. The van der Waals surface area contributed by atoms with Gasteiger partial charge in [-0.25, -0.2) is 4.98 Å². The van der Waals surface area contributed by atoms with Gasteiger partial charge in [0.25, 0.3) is 0 Å². The lowest BCUT2D eigenvalue weighted by Gasteiger charge is -2.26. The van der Waals surface area contributed by atoms with Crippen molar-refractivity contribution >= 4 is 35.6 Å². The standard InChI is InChI=1S/C26H30N7O2P/c1-33-10-9-17-12-23(35-2)22(11-18(17)16-33)31-26-27-15-20(19-13-28-29-14-19)25(32-26)30-21-7-5-6-8-24(21)36(3,4)34/h5-8,11-15H,9-10,16H2,1-4H3,(H,28,29)(H2,27,30,31,32). The number of fused-ring (bicyclic) bond motifs is 1. The van der Waals surface area contributed by atoms with Crippen LogP contribution in [0.5, 0.6) is 5.75 Å². The van der Waals surface area contributed by atoms with Crippen molar-refractivity contribution < 1.29 is 9.30 Å². The van der Waals surface area contributed by atoms with Crippen molar-refractivity contribution in [2.24, 2.45) is 0 Å². The normalized spacial score (nSPS) is 13.8. The van der Waals surface area contributed by atoms with Crippen LogP contribution in [0.4, 0.5) is 23.1 Å². The Hall–Kier alpha value is -3.68. The molecule has 0 radical (unpaired) electrons. The summed E-state index contributed by atoms with van der Waals surface area (Å²) in [4.78, 5) is 11.7. The number of methoxy groups -OCH3 is 1. The number of benzene rings is 2. The van der Waals surface area contributed by atoms with Crippen LogP contribution in [0.15, 0.2) is 55.0 Å². The Bertz CT molecular complexity index is 1430. The molecule has 0 saturated carbocycles. The second kappa shape index (κ2) is 9.76. The minimum absolute atomic E-state index is 0.417. The largest absolute Gasteiger partial charge is 0.495 e. The van der Waals surface area contributed by atoms with Gasteiger partial charge in [0, 0.05) is 41.9 Å². The third-order valence-corrected chi connectivity index (χ3v) is 7.86. The monoisotopic (exact) mass is 503 g/mol. The highest BCUT2D eigenvalue weighted by atomic mass is 31.2. The molecule has 0 unspecified atom stereocenters. The maximum atomic E-state index is 12.9. The zero-order valence-electron chi connectivity index (χ0n) is 20.9. The lowest BCUT2D eigenvalue weighted by Crippen LogP contribution is -2.26. The molecule has 0 fully saturated rings. The van der Waals surface area contributed by atoms with E-state index in [1.54, 1.807) is 39.0 Å². The van der Waals surface area contributed by atoms with E-state index in [1.165, 1.54) is 11.1 Å². The highest BCUT2D eigenvalue weighted by Gasteiger charge is 2.20. The predicted molar refractivity (Wildman–Crippen MR) is 145 cm³/mol. The first-order valence-corrected chi connectivity index (χ1v) is 14.3. The maximum Gasteiger partial charge on any atom is 0.229 e. The third kappa shape index (κ3) is 4.98. The summed E-state index contributed by atoms with van der Waals surface area (Å²) < 4.78 is 18.6. The van der Waals surface area contributed by atoms with Crippen molar-refractivity contribution in [3.05, 3.63) is 66.1 Å². The fourth-order valence-electron chi connectivity index (χ4n) is 4.44. The minimum Gasteiger partial charge on any atom is -0.495 e. The number of likely N-dealkylation sites (N-methyl/N-ethyl adjacent to an activating group) is 1. The summed E-state index contributed by atoms with van der Waals surface area (Å²) in [6, 6.07) is 11.8. The number of rotatable bonds is 7. The van der Waals surface area contributed by atoms with Crippen molar-refractivity contribution in [2.75, 3.05) is 44.7 Å². The highest BCUT2D eigenvalue weighted by Crippen LogP contribution is 2.39. The molecule has 2 aromatic heterocycles. The number of anilines is 4. The summed E-state index contributed by atoms with van der Waals surface area (Å²) in [5, 5.41) is 14.4. The van der Waals surface area contributed by atoms with Gasteiger partial charge in [0.2, 0.25) is 5.95 Å². The van der Waals surface area contributed by atoms with Crippen LogP contribution in [-0.2, 0) is 17.5 Å². The zero-order chi connectivity index (χ0) is 25.3. The van der Waals surface area contributed by atoms with E-state index in [-0.39, 0.29) is 0 Å². The lowest BCUT2D eigenvalue weighted by atomic mass is 9.99. The number of hydrogen-bond acceptors (Lipinski definition) is 8. The second-order valence-electron chi connectivity index (χ2n) is 9.37. The van der Waals surface area contributed by atoms with Gasteiger partial charge in [-0.2, -0.15) is 10.1 Å². The summed E-state index contributed by atoms with van der Waals surface area (Å²) in [6.45, 7) is 5.43. The summed E-state index contributed by atoms with van der Waals surface area (Å²) in [5.74, 6) is 1.74. The molecule has 0 saturated heterocycles. The molecule has 186 valence electrons. The van der Waals surface area contributed by atoms with Gasteiger partial charge in [0.15, 0.2) is 0 Å². The molecule has 0 bridgehead atoms. The first-order valence-electron chi connectivity index (χ1n) is 11.7. The number of para-hydroxylation sites is 1. The number of aromatic amines is 1. The van der Waals surface area contributed by atoms with Gasteiger partial charge in [-0.3, -0.25) is 5.10 Å². The Kier molecular flexibility index (Phi) is 6.51. The number of H-pyrrole nitrogens is 1.